The number of nitrogens with one attached hydrogen (secondary N) is 1. The third-order valence-electron chi connectivity index (χ3n) is 4.51. The number of hydrogen-bond acceptors (Lipinski definition) is 4. The molecule has 2 aromatic rings. The van der Waals surface area contributed by atoms with Crippen molar-refractivity contribution in [3.63, 3.8) is 0 Å². The first-order chi connectivity index (χ1) is 12.9. The second kappa shape index (κ2) is 7.96. The van der Waals surface area contributed by atoms with Gasteiger partial charge in [0.1, 0.15) is 0 Å². The average molecular weight is 382 g/mol. The van der Waals surface area contributed by atoms with Crippen LogP contribution in [0.15, 0.2) is 36.4 Å². The lowest BCUT2D eigenvalue weighted by molar-refractivity contribution is -0.113. The molecule has 0 bridgehead atoms. The minimum absolute atomic E-state index is 0.0857. The summed E-state index contributed by atoms with van der Waals surface area (Å²) in [7, 11) is 0. The zero-order valence-electron chi connectivity index (χ0n) is 15.7. The summed E-state index contributed by atoms with van der Waals surface area (Å²) in [6, 6.07) is 10.9. The van der Waals surface area contributed by atoms with E-state index in [2.05, 4.69) is 5.32 Å². The molecule has 3 rings (SSSR count). The third kappa shape index (κ3) is 4.06. The van der Waals surface area contributed by atoms with E-state index in [0.717, 1.165) is 16.8 Å². The summed E-state index contributed by atoms with van der Waals surface area (Å²) in [5.41, 5.74) is 5.00. The minimum atomic E-state index is -0.258. The van der Waals surface area contributed by atoms with Gasteiger partial charge in [0, 0.05) is 18.0 Å². The van der Waals surface area contributed by atoms with Gasteiger partial charge in [-0.1, -0.05) is 29.8 Å². The Balaban J connectivity index is 1.49. The maximum atomic E-state index is 12.3. The van der Waals surface area contributed by atoms with Gasteiger partial charge in [-0.25, -0.2) is 0 Å². The molecular formula is C21H22N2O3S. The van der Waals surface area contributed by atoms with Gasteiger partial charge in [0.25, 0.3) is 11.8 Å². The zero-order valence-corrected chi connectivity index (χ0v) is 16.5. The van der Waals surface area contributed by atoms with Gasteiger partial charge in [-0.3, -0.25) is 19.3 Å². The number of benzene rings is 2. The lowest BCUT2D eigenvalue weighted by Gasteiger charge is -2.14. The highest BCUT2D eigenvalue weighted by Crippen LogP contribution is 2.24. The Morgan fingerprint density at radius 2 is 1.56 bits per heavy atom. The van der Waals surface area contributed by atoms with E-state index >= 15 is 0 Å². The molecule has 0 atom stereocenters. The lowest BCUT2D eigenvalue weighted by Crippen LogP contribution is -2.32. The topological polar surface area (TPSA) is 66.5 Å². The van der Waals surface area contributed by atoms with Crippen LogP contribution in [0.25, 0.3) is 0 Å². The molecule has 2 aromatic carbocycles. The van der Waals surface area contributed by atoms with Crippen molar-refractivity contribution in [3.8, 4) is 0 Å². The predicted molar refractivity (Wildman–Crippen MR) is 108 cm³/mol. The van der Waals surface area contributed by atoms with E-state index < -0.39 is 0 Å². The maximum Gasteiger partial charge on any atom is 0.261 e. The Labute approximate surface area is 163 Å². The number of nitrogens with zero attached hydrogens (tertiary/aromatic N) is 1. The Hall–Kier alpha value is -2.60. The molecule has 0 saturated heterocycles. The van der Waals surface area contributed by atoms with Crippen LogP contribution in [-0.2, 0) is 4.79 Å². The SMILES string of the molecule is Cc1cc(C)c(NC(=O)CSCCN2C(=O)c3ccccc3C2=O)c(C)c1. The van der Waals surface area contributed by atoms with Crippen LogP contribution in [0.2, 0.25) is 0 Å². The largest absolute Gasteiger partial charge is 0.325 e. The van der Waals surface area contributed by atoms with Crippen LogP contribution in [0, 0.1) is 20.8 Å². The number of thioether (sulfide) groups is 1. The van der Waals surface area contributed by atoms with Gasteiger partial charge in [-0.05, 0) is 44.0 Å². The van der Waals surface area contributed by atoms with Crippen molar-refractivity contribution in [1.82, 2.24) is 4.90 Å². The van der Waals surface area contributed by atoms with Crippen LogP contribution >= 0.6 is 11.8 Å². The highest BCUT2D eigenvalue weighted by atomic mass is 32.2. The van der Waals surface area contributed by atoms with E-state index in [1.165, 1.54) is 22.2 Å². The average Bonchev–Trinajstić information content (AvgIpc) is 2.86. The predicted octanol–water partition coefficient (Wildman–Crippen LogP) is 3.58. The molecule has 1 aliphatic heterocycles. The first-order valence-corrected chi connectivity index (χ1v) is 9.94. The molecule has 0 aliphatic carbocycles. The van der Waals surface area contributed by atoms with Crippen molar-refractivity contribution >= 4 is 35.2 Å². The van der Waals surface area contributed by atoms with Crippen molar-refractivity contribution in [2.24, 2.45) is 0 Å². The van der Waals surface area contributed by atoms with Crippen LogP contribution < -0.4 is 5.32 Å². The van der Waals surface area contributed by atoms with Gasteiger partial charge in [-0.15, -0.1) is 0 Å². The second-order valence-electron chi connectivity index (χ2n) is 6.68. The Morgan fingerprint density at radius 3 is 2.11 bits per heavy atom. The number of hydrogen-bond donors (Lipinski definition) is 1. The quantitative estimate of drug-likeness (QED) is 0.613. The normalized spacial score (nSPS) is 13.1. The summed E-state index contributed by atoms with van der Waals surface area (Å²) in [5, 5.41) is 2.96. The fourth-order valence-corrected chi connectivity index (χ4v) is 4.03. The first kappa shape index (κ1) is 19.2. The lowest BCUT2D eigenvalue weighted by atomic mass is 10.1. The molecule has 3 amide bonds. The molecule has 1 heterocycles. The maximum absolute atomic E-state index is 12.3. The zero-order chi connectivity index (χ0) is 19.6. The van der Waals surface area contributed by atoms with Gasteiger partial charge in [0.15, 0.2) is 0 Å². The molecule has 6 heteroatoms. The van der Waals surface area contributed by atoms with E-state index in [-0.39, 0.29) is 23.5 Å². The summed E-state index contributed by atoms with van der Waals surface area (Å²) >= 11 is 1.41. The van der Waals surface area contributed by atoms with Crippen molar-refractivity contribution in [2.45, 2.75) is 20.8 Å². The summed E-state index contributed by atoms with van der Waals surface area (Å²) in [6.45, 7) is 6.28. The van der Waals surface area contributed by atoms with Crippen LogP contribution in [-0.4, -0.2) is 40.7 Å². The van der Waals surface area contributed by atoms with E-state index in [1.54, 1.807) is 24.3 Å². The van der Waals surface area contributed by atoms with Crippen molar-refractivity contribution in [2.75, 3.05) is 23.4 Å². The molecule has 5 nitrogen and oxygen atoms in total. The monoisotopic (exact) mass is 382 g/mol. The van der Waals surface area contributed by atoms with E-state index in [9.17, 15) is 14.4 Å². The molecule has 0 radical (unpaired) electrons. The number of aryl methyl sites for hydroxylation is 3. The van der Waals surface area contributed by atoms with Gasteiger partial charge in [0.05, 0.1) is 16.9 Å². The van der Waals surface area contributed by atoms with Crippen molar-refractivity contribution in [1.29, 1.82) is 0 Å². The fraction of sp³-hybridized carbons (Fsp3) is 0.286. The van der Waals surface area contributed by atoms with Crippen LogP contribution in [0.1, 0.15) is 37.4 Å². The molecule has 0 unspecified atom stereocenters. The Bertz CT molecular complexity index is 865. The molecule has 0 fully saturated rings. The van der Waals surface area contributed by atoms with Gasteiger partial charge < -0.3 is 5.32 Å². The minimum Gasteiger partial charge on any atom is -0.325 e. The van der Waals surface area contributed by atoms with Crippen LogP contribution in [0.3, 0.4) is 0 Å². The van der Waals surface area contributed by atoms with Gasteiger partial charge in [0.2, 0.25) is 5.91 Å². The molecule has 1 aliphatic rings. The molecule has 0 saturated carbocycles. The van der Waals surface area contributed by atoms with E-state index in [1.807, 2.05) is 32.9 Å². The van der Waals surface area contributed by atoms with Crippen molar-refractivity contribution in [3.05, 3.63) is 64.2 Å². The Kier molecular flexibility index (Phi) is 5.65. The van der Waals surface area contributed by atoms with Crippen LogP contribution in [0.4, 0.5) is 5.69 Å². The van der Waals surface area contributed by atoms with E-state index in [4.69, 9.17) is 0 Å². The Morgan fingerprint density at radius 1 is 1.00 bits per heavy atom. The third-order valence-corrected chi connectivity index (χ3v) is 5.45. The number of carbonyl (C=O) groups is 3. The summed E-state index contributed by atoms with van der Waals surface area (Å²) in [5.74, 6) is 0.191. The summed E-state index contributed by atoms with van der Waals surface area (Å²) in [4.78, 5) is 38.1. The molecule has 0 spiro atoms. The van der Waals surface area contributed by atoms with Gasteiger partial charge in [-0.2, -0.15) is 11.8 Å². The first-order valence-electron chi connectivity index (χ1n) is 8.79. The van der Waals surface area contributed by atoms with Crippen molar-refractivity contribution < 1.29 is 14.4 Å². The second-order valence-corrected chi connectivity index (χ2v) is 7.79. The number of anilines is 1. The number of fused-ring (bicyclic) bond motifs is 1. The van der Waals surface area contributed by atoms with Crippen LogP contribution in [0.5, 0.6) is 0 Å². The fourth-order valence-electron chi connectivity index (χ4n) is 3.32. The standard InChI is InChI=1S/C21H22N2O3S/c1-13-10-14(2)19(15(3)11-13)22-18(24)12-27-9-8-23-20(25)16-6-4-5-7-17(16)21(23)26/h4-7,10-11H,8-9,12H2,1-3H3,(H,22,24). The highest BCUT2D eigenvalue weighted by molar-refractivity contribution is 7.99. The molecule has 27 heavy (non-hydrogen) atoms. The highest BCUT2D eigenvalue weighted by Gasteiger charge is 2.34. The number of imide groups is 1. The molecular weight excluding hydrogens is 360 g/mol. The number of amides is 3. The smallest absolute Gasteiger partial charge is 0.261 e. The summed E-state index contributed by atoms with van der Waals surface area (Å²) < 4.78 is 0. The number of rotatable bonds is 6. The summed E-state index contributed by atoms with van der Waals surface area (Å²) in [6.07, 6.45) is 0. The van der Waals surface area contributed by atoms with Gasteiger partial charge >= 0.3 is 0 Å². The molecule has 0 aromatic heterocycles. The molecule has 140 valence electrons. The van der Waals surface area contributed by atoms with E-state index in [0.29, 0.717) is 23.4 Å². The number of carbonyl (C=O) groups excluding carboxylic acids is 3. The molecule has 1 N–H and O–H groups in total.